The Hall–Kier alpha value is -2.17. The Bertz CT molecular complexity index is 591. The summed E-state index contributed by atoms with van der Waals surface area (Å²) in [7, 11) is 0. The highest BCUT2D eigenvalue weighted by molar-refractivity contribution is 5.93. The quantitative estimate of drug-likeness (QED) is 0.873. The Kier molecular flexibility index (Phi) is 5.31. The zero-order valence-corrected chi connectivity index (χ0v) is 13.4. The van der Waals surface area contributed by atoms with E-state index >= 15 is 0 Å². The topological polar surface area (TPSA) is 62.3 Å². The van der Waals surface area contributed by atoms with Crippen molar-refractivity contribution >= 4 is 17.6 Å². The molecule has 0 aromatic carbocycles. The first-order valence-electron chi connectivity index (χ1n) is 7.64. The first kappa shape index (κ1) is 16.2. The second kappa shape index (κ2) is 7.20. The summed E-state index contributed by atoms with van der Waals surface area (Å²) >= 11 is 0. The number of nitrogens with one attached hydrogen (secondary N) is 1. The normalized spacial score (nSPS) is 17.8. The molecule has 1 aliphatic heterocycles. The number of rotatable bonds is 3. The van der Waals surface area contributed by atoms with Gasteiger partial charge >= 0.3 is 0 Å². The molecule has 22 heavy (non-hydrogen) atoms. The van der Waals surface area contributed by atoms with E-state index in [9.17, 15) is 9.59 Å². The minimum Gasteiger partial charge on any atom is -0.338 e. The number of anilines is 1. The van der Waals surface area contributed by atoms with E-state index in [-0.39, 0.29) is 17.7 Å². The van der Waals surface area contributed by atoms with E-state index < -0.39 is 0 Å². The highest BCUT2D eigenvalue weighted by Crippen LogP contribution is 2.19. The predicted molar refractivity (Wildman–Crippen MR) is 86.3 cm³/mol. The van der Waals surface area contributed by atoms with Crippen LogP contribution in [0.25, 0.3) is 0 Å². The molecule has 0 aliphatic carbocycles. The van der Waals surface area contributed by atoms with E-state index in [0.717, 1.165) is 30.7 Å². The van der Waals surface area contributed by atoms with Crippen LogP contribution < -0.4 is 5.32 Å². The molecule has 118 valence electrons. The molecule has 0 saturated carbocycles. The van der Waals surface area contributed by atoms with Crippen molar-refractivity contribution in [2.45, 2.75) is 33.6 Å². The Labute approximate surface area is 131 Å². The molecular formula is C17H23N3O2. The van der Waals surface area contributed by atoms with Gasteiger partial charge in [-0.25, -0.2) is 4.98 Å². The van der Waals surface area contributed by atoms with E-state index in [2.05, 4.69) is 10.3 Å². The molecule has 5 heteroatoms. The molecule has 1 N–H and O–H groups in total. The summed E-state index contributed by atoms with van der Waals surface area (Å²) in [5.41, 5.74) is 1.84. The van der Waals surface area contributed by atoms with Gasteiger partial charge < -0.3 is 10.2 Å². The fraction of sp³-hybridized carbons (Fsp3) is 0.471. The lowest BCUT2D eigenvalue weighted by Crippen LogP contribution is -2.43. The number of nitrogens with zero attached hydrogens (tertiary/aromatic N) is 2. The third kappa shape index (κ3) is 4.41. The first-order valence-corrected chi connectivity index (χ1v) is 7.64. The van der Waals surface area contributed by atoms with Crippen molar-refractivity contribution in [1.82, 2.24) is 9.88 Å². The van der Waals surface area contributed by atoms with Crippen LogP contribution in [0, 0.1) is 12.8 Å². The monoisotopic (exact) mass is 301 g/mol. The second-order valence-corrected chi connectivity index (χ2v) is 6.00. The zero-order valence-electron chi connectivity index (χ0n) is 13.4. The number of allylic oxidation sites excluding steroid dienone is 1. The summed E-state index contributed by atoms with van der Waals surface area (Å²) < 4.78 is 0. The van der Waals surface area contributed by atoms with E-state index in [4.69, 9.17) is 0 Å². The van der Waals surface area contributed by atoms with E-state index in [1.165, 1.54) is 0 Å². The Balaban J connectivity index is 1.98. The molecule has 1 aromatic heterocycles. The number of likely N-dealkylation sites (tertiary alicyclic amines) is 1. The van der Waals surface area contributed by atoms with Gasteiger partial charge in [0.25, 0.3) is 0 Å². The highest BCUT2D eigenvalue weighted by Gasteiger charge is 2.27. The van der Waals surface area contributed by atoms with Gasteiger partial charge in [-0.1, -0.05) is 11.6 Å². The van der Waals surface area contributed by atoms with E-state index in [1.807, 2.05) is 32.9 Å². The van der Waals surface area contributed by atoms with Crippen LogP contribution in [-0.4, -0.2) is 34.8 Å². The summed E-state index contributed by atoms with van der Waals surface area (Å²) in [5, 5.41) is 2.85. The van der Waals surface area contributed by atoms with Gasteiger partial charge in [-0.3, -0.25) is 9.59 Å². The number of aryl methyl sites for hydroxylation is 1. The number of amides is 2. The van der Waals surface area contributed by atoms with Crippen molar-refractivity contribution in [3.05, 3.63) is 35.5 Å². The van der Waals surface area contributed by atoms with Crippen LogP contribution in [0.2, 0.25) is 0 Å². The number of pyridine rings is 1. The molecule has 0 spiro atoms. The lowest BCUT2D eigenvalue weighted by Gasteiger charge is -2.31. The van der Waals surface area contributed by atoms with Crippen molar-refractivity contribution in [2.75, 3.05) is 18.4 Å². The number of hydrogen-bond acceptors (Lipinski definition) is 3. The van der Waals surface area contributed by atoms with Crippen molar-refractivity contribution < 1.29 is 9.59 Å². The van der Waals surface area contributed by atoms with Crippen LogP contribution in [0.1, 0.15) is 32.4 Å². The van der Waals surface area contributed by atoms with Gasteiger partial charge in [0, 0.05) is 24.9 Å². The smallest absolute Gasteiger partial charge is 0.246 e. The standard InChI is InChI=1S/C17H23N3O2/c1-12(2)10-16(21)20-9-5-7-14(11-20)17(22)19-15-8-4-6-13(3)18-15/h4,6,8,10,14H,5,7,9,11H2,1-3H3,(H,18,19,22)/t14-/m0/s1. The van der Waals surface area contributed by atoms with Crippen LogP contribution in [-0.2, 0) is 9.59 Å². The van der Waals surface area contributed by atoms with Crippen LogP contribution in [0.5, 0.6) is 0 Å². The largest absolute Gasteiger partial charge is 0.338 e. The summed E-state index contributed by atoms with van der Waals surface area (Å²) in [5.74, 6) is 0.322. The molecule has 1 aliphatic rings. The summed E-state index contributed by atoms with van der Waals surface area (Å²) in [6.45, 7) is 6.87. The zero-order chi connectivity index (χ0) is 16.1. The lowest BCUT2D eigenvalue weighted by atomic mass is 9.97. The molecule has 1 saturated heterocycles. The Morgan fingerprint density at radius 1 is 1.36 bits per heavy atom. The fourth-order valence-corrected chi connectivity index (χ4v) is 2.57. The highest BCUT2D eigenvalue weighted by atomic mass is 16.2. The third-order valence-corrected chi connectivity index (χ3v) is 3.66. The average molecular weight is 301 g/mol. The number of aromatic nitrogens is 1. The van der Waals surface area contributed by atoms with Crippen LogP contribution in [0.15, 0.2) is 29.8 Å². The predicted octanol–water partition coefficient (Wildman–Crippen LogP) is 2.53. The van der Waals surface area contributed by atoms with Crippen molar-refractivity contribution in [2.24, 2.45) is 5.92 Å². The Morgan fingerprint density at radius 2 is 2.14 bits per heavy atom. The van der Waals surface area contributed by atoms with Crippen LogP contribution in [0.3, 0.4) is 0 Å². The van der Waals surface area contributed by atoms with Gasteiger partial charge in [0.05, 0.1) is 5.92 Å². The van der Waals surface area contributed by atoms with Gasteiger partial charge in [-0.05, 0) is 45.7 Å². The van der Waals surface area contributed by atoms with Crippen molar-refractivity contribution in [1.29, 1.82) is 0 Å². The van der Waals surface area contributed by atoms with Gasteiger partial charge in [0.2, 0.25) is 11.8 Å². The molecule has 2 heterocycles. The summed E-state index contributed by atoms with van der Waals surface area (Å²) in [6, 6.07) is 5.53. The van der Waals surface area contributed by atoms with Crippen molar-refractivity contribution in [3.63, 3.8) is 0 Å². The van der Waals surface area contributed by atoms with Crippen molar-refractivity contribution in [3.8, 4) is 0 Å². The fourth-order valence-electron chi connectivity index (χ4n) is 2.57. The third-order valence-electron chi connectivity index (χ3n) is 3.66. The van der Waals surface area contributed by atoms with E-state index in [1.54, 1.807) is 17.0 Å². The summed E-state index contributed by atoms with van der Waals surface area (Å²) in [4.78, 5) is 30.5. The second-order valence-electron chi connectivity index (χ2n) is 6.00. The van der Waals surface area contributed by atoms with Crippen LogP contribution in [0.4, 0.5) is 5.82 Å². The number of carbonyl (C=O) groups is 2. The molecule has 1 atom stereocenters. The number of piperidine rings is 1. The molecule has 2 rings (SSSR count). The molecule has 2 amide bonds. The average Bonchev–Trinajstić information content (AvgIpc) is 2.46. The molecule has 0 radical (unpaired) electrons. The Morgan fingerprint density at radius 3 is 2.82 bits per heavy atom. The molecule has 1 aromatic rings. The molecular weight excluding hydrogens is 278 g/mol. The first-order chi connectivity index (χ1) is 10.5. The lowest BCUT2D eigenvalue weighted by molar-refractivity contribution is -0.130. The molecule has 5 nitrogen and oxygen atoms in total. The SMILES string of the molecule is CC(C)=CC(=O)N1CCC[C@H](C(=O)Nc2cccc(C)n2)C1. The minimum absolute atomic E-state index is 0.00817. The van der Waals surface area contributed by atoms with Gasteiger partial charge in [-0.15, -0.1) is 0 Å². The number of hydrogen-bond donors (Lipinski definition) is 1. The van der Waals surface area contributed by atoms with E-state index in [0.29, 0.717) is 12.4 Å². The minimum atomic E-state index is -0.175. The van der Waals surface area contributed by atoms with Gasteiger partial charge in [-0.2, -0.15) is 0 Å². The molecule has 0 unspecified atom stereocenters. The number of carbonyl (C=O) groups excluding carboxylic acids is 2. The maximum Gasteiger partial charge on any atom is 0.246 e. The molecule has 1 fully saturated rings. The van der Waals surface area contributed by atoms with Gasteiger partial charge in [0.15, 0.2) is 0 Å². The van der Waals surface area contributed by atoms with Crippen LogP contribution >= 0.6 is 0 Å². The van der Waals surface area contributed by atoms with Gasteiger partial charge in [0.1, 0.15) is 5.82 Å². The summed E-state index contributed by atoms with van der Waals surface area (Å²) in [6.07, 6.45) is 3.28. The maximum atomic E-state index is 12.4. The molecule has 0 bridgehead atoms. The maximum absolute atomic E-state index is 12.4.